The summed E-state index contributed by atoms with van der Waals surface area (Å²) in [5.41, 5.74) is -3.21. The first-order valence-electron chi connectivity index (χ1n) is 15.0. The van der Waals surface area contributed by atoms with Crippen LogP contribution in [0.15, 0.2) is 25.3 Å². The van der Waals surface area contributed by atoms with Crippen LogP contribution in [0.3, 0.4) is 0 Å². The molecule has 2 fully saturated rings. The Kier molecular flexibility index (Phi) is 13.8. The molecular formula is C33H51N3O7. The lowest BCUT2D eigenvalue weighted by molar-refractivity contribution is -0.136. The number of amides is 2. The minimum atomic E-state index is -0.992. The van der Waals surface area contributed by atoms with Gasteiger partial charge in [0.15, 0.2) is 11.6 Å². The van der Waals surface area contributed by atoms with Gasteiger partial charge in [0.2, 0.25) is 0 Å². The third kappa shape index (κ3) is 10.6. The van der Waals surface area contributed by atoms with E-state index in [-0.39, 0.29) is 30.2 Å². The van der Waals surface area contributed by atoms with Crippen LogP contribution in [-0.2, 0) is 23.9 Å². The maximum Gasteiger partial charge on any atom is 0.411 e. The van der Waals surface area contributed by atoms with Crippen molar-refractivity contribution in [2.24, 2.45) is 0 Å². The average Bonchev–Trinajstić information content (AvgIpc) is 2.87. The Balaban J connectivity index is 0.000000430. The first-order chi connectivity index (χ1) is 19.9. The van der Waals surface area contributed by atoms with Gasteiger partial charge in [-0.15, -0.1) is 13.2 Å². The normalized spacial score (nSPS) is 22.5. The molecule has 10 nitrogen and oxygen atoms in total. The van der Waals surface area contributed by atoms with Crippen molar-refractivity contribution in [3.05, 3.63) is 25.3 Å². The molecule has 2 heterocycles. The van der Waals surface area contributed by atoms with E-state index < -0.39 is 34.5 Å². The quantitative estimate of drug-likeness (QED) is 0.274. The second kappa shape index (κ2) is 15.8. The largest absolute Gasteiger partial charge is 0.444 e. The Labute approximate surface area is 257 Å². The number of carbonyl (C=O) groups excluding carboxylic acids is 5. The average molecular weight is 602 g/mol. The monoisotopic (exact) mass is 601 g/mol. The number of likely N-dealkylation sites (tertiary alicyclic amines) is 2. The van der Waals surface area contributed by atoms with E-state index in [2.05, 4.69) is 19.2 Å². The molecule has 2 amide bonds. The highest BCUT2D eigenvalue weighted by molar-refractivity contribution is 5.94. The Morgan fingerprint density at radius 1 is 0.837 bits per heavy atom. The molecular weight excluding hydrogens is 550 g/mol. The summed E-state index contributed by atoms with van der Waals surface area (Å²) in [6.45, 7) is 20.6. The second-order valence-corrected chi connectivity index (χ2v) is 13.2. The number of ketones is 3. The van der Waals surface area contributed by atoms with E-state index in [1.165, 1.54) is 16.7 Å². The van der Waals surface area contributed by atoms with Gasteiger partial charge in [-0.05, 0) is 87.0 Å². The van der Waals surface area contributed by atoms with Crippen LogP contribution in [0.25, 0.3) is 0 Å². The molecule has 2 aliphatic heterocycles. The number of piperidine rings is 2. The number of hydrogen-bond acceptors (Lipinski definition) is 8. The van der Waals surface area contributed by atoms with Gasteiger partial charge in [-0.25, -0.2) is 9.59 Å². The molecule has 0 N–H and O–H groups in total. The van der Waals surface area contributed by atoms with Crippen LogP contribution in [0.2, 0.25) is 0 Å². The van der Waals surface area contributed by atoms with E-state index in [1.807, 2.05) is 0 Å². The summed E-state index contributed by atoms with van der Waals surface area (Å²) >= 11 is 0. The zero-order valence-corrected chi connectivity index (χ0v) is 27.3. The van der Waals surface area contributed by atoms with Crippen LogP contribution in [0.4, 0.5) is 9.59 Å². The van der Waals surface area contributed by atoms with Gasteiger partial charge < -0.3 is 14.3 Å². The fourth-order valence-electron chi connectivity index (χ4n) is 5.48. The Hall–Kier alpha value is -3.48. The standard InChI is InChI=1S/C17H27NO4.C16H24N2O3/c1-6-10-17(11-9-13(2)19)14(20)8-7-12-18(17)15(21)22-16(3,4)5;1-5-9-16(10-7-11-17)13(19)8-6-12-18(16)14(20)21-15(2,3)4/h6H,1,7-12H2,2-5H3;5H,1,6-10,12H2,2-4H3/t17-;16-/m11/s1. The molecule has 0 saturated carbocycles. The van der Waals surface area contributed by atoms with Crippen molar-refractivity contribution in [2.45, 2.75) is 135 Å². The summed E-state index contributed by atoms with van der Waals surface area (Å²) in [5.74, 6) is -0.00790. The highest BCUT2D eigenvalue weighted by Crippen LogP contribution is 2.36. The van der Waals surface area contributed by atoms with Crippen molar-refractivity contribution in [1.29, 1.82) is 5.26 Å². The van der Waals surface area contributed by atoms with E-state index in [1.54, 1.807) is 53.7 Å². The van der Waals surface area contributed by atoms with Gasteiger partial charge in [0.25, 0.3) is 0 Å². The van der Waals surface area contributed by atoms with E-state index in [0.717, 1.165) is 0 Å². The minimum Gasteiger partial charge on any atom is -0.444 e. The predicted molar refractivity (Wildman–Crippen MR) is 164 cm³/mol. The van der Waals surface area contributed by atoms with Crippen molar-refractivity contribution in [3.63, 3.8) is 0 Å². The number of rotatable bonds is 9. The first-order valence-corrected chi connectivity index (χ1v) is 15.0. The summed E-state index contributed by atoms with van der Waals surface area (Å²) in [7, 11) is 0. The Bertz CT molecular complexity index is 1100. The smallest absolute Gasteiger partial charge is 0.411 e. The number of ether oxygens (including phenoxy) is 2. The topological polar surface area (TPSA) is 134 Å². The molecule has 0 aliphatic carbocycles. The van der Waals surface area contributed by atoms with Crippen molar-refractivity contribution in [3.8, 4) is 6.07 Å². The van der Waals surface area contributed by atoms with Gasteiger partial charge >= 0.3 is 12.2 Å². The van der Waals surface area contributed by atoms with Crippen LogP contribution < -0.4 is 0 Å². The molecule has 2 rings (SSSR count). The highest BCUT2D eigenvalue weighted by atomic mass is 16.6. The summed E-state index contributed by atoms with van der Waals surface area (Å²) in [6, 6.07) is 2.06. The van der Waals surface area contributed by atoms with E-state index in [9.17, 15) is 24.0 Å². The summed E-state index contributed by atoms with van der Waals surface area (Å²) in [6.07, 6.45) is 6.23. The zero-order valence-electron chi connectivity index (χ0n) is 27.3. The molecule has 10 heteroatoms. The third-order valence-electron chi connectivity index (χ3n) is 7.38. The molecule has 2 saturated heterocycles. The van der Waals surface area contributed by atoms with Crippen LogP contribution in [0, 0.1) is 11.3 Å². The number of carbonyl (C=O) groups is 5. The molecule has 2 atom stereocenters. The lowest BCUT2D eigenvalue weighted by atomic mass is 9.78. The molecule has 0 radical (unpaired) electrons. The van der Waals surface area contributed by atoms with Crippen LogP contribution >= 0.6 is 0 Å². The zero-order chi connectivity index (χ0) is 33.1. The van der Waals surface area contributed by atoms with Gasteiger partial charge in [-0.1, -0.05) is 12.2 Å². The molecule has 240 valence electrons. The van der Waals surface area contributed by atoms with Gasteiger partial charge in [-0.2, -0.15) is 5.26 Å². The number of nitriles is 1. The van der Waals surface area contributed by atoms with Gasteiger partial charge in [0, 0.05) is 38.8 Å². The third-order valence-corrected chi connectivity index (χ3v) is 7.38. The second-order valence-electron chi connectivity index (χ2n) is 13.2. The SMILES string of the molecule is C=CC[C@@]1(CCC#N)C(=O)CCCN1C(=O)OC(C)(C)C.C=CC[C@@]1(CCC(C)=O)C(=O)CCCN1C(=O)OC(C)(C)C. The van der Waals surface area contributed by atoms with E-state index in [4.69, 9.17) is 14.7 Å². The molecule has 0 aromatic rings. The summed E-state index contributed by atoms with van der Waals surface area (Å²) < 4.78 is 10.9. The number of Topliss-reactive ketones (excluding diaryl/α,β-unsaturated/α-hetero) is 3. The summed E-state index contributed by atoms with van der Waals surface area (Å²) in [5, 5.41) is 8.86. The number of hydrogen-bond donors (Lipinski definition) is 0. The fraction of sp³-hybridized carbons (Fsp3) is 0.697. The first kappa shape index (κ1) is 37.5. The maximum atomic E-state index is 12.6. The van der Waals surface area contributed by atoms with E-state index >= 15 is 0 Å². The predicted octanol–water partition coefficient (Wildman–Crippen LogP) is 6.48. The van der Waals surface area contributed by atoms with Crippen LogP contribution in [0.5, 0.6) is 0 Å². The molecule has 43 heavy (non-hydrogen) atoms. The van der Waals surface area contributed by atoms with Crippen molar-refractivity contribution in [2.75, 3.05) is 13.1 Å². The lowest BCUT2D eigenvalue weighted by Crippen LogP contribution is -2.60. The highest BCUT2D eigenvalue weighted by Gasteiger charge is 2.49. The minimum absolute atomic E-state index is 0.00485. The van der Waals surface area contributed by atoms with Crippen LogP contribution in [0.1, 0.15) is 113 Å². The molecule has 0 spiro atoms. The van der Waals surface area contributed by atoms with Crippen LogP contribution in [-0.4, -0.2) is 74.7 Å². The molecule has 2 aliphatic rings. The Morgan fingerprint density at radius 3 is 1.56 bits per heavy atom. The fourth-order valence-corrected chi connectivity index (χ4v) is 5.48. The van der Waals surface area contributed by atoms with Crippen molar-refractivity contribution >= 4 is 29.5 Å². The molecule has 0 aromatic heterocycles. The van der Waals surface area contributed by atoms with Gasteiger partial charge in [0.1, 0.15) is 28.1 Å². The molecule has 0 bridgehead atoms. The van der Waals surface area contributed by atoms with Crippen molar-refractivity contribution in [1.82, 2.24) is 9.80 Å². The number of nitrogens with zero attached hydrogens (tertiary/aromatic N) is 3. The van der Waals surface area contributed by atoms with Crippen molar-refractivity contribution < 1.29 is 33.4 Å². The Morgan fingerprint density at radius 2 is 1.23 bits per heavy atom. The lowest BCUT2D eigenvalue weighted by Gasteiger charge is -2.45. The molecule has 0 unspecified atom stereocenters. The van der Waals surface area contributed by atoms with E-state index in [0.29, 0.717) is 64.5 Å². The van der Waals surface area contributed by atoms with Gasteiger partial charge in [0.05, 0.1) is 6.07 Å². The molecule has 0 aromatic carbocycles. The maximum absolute atomic E-state index is 12.6. The summed E-state index contributed by atoms with van der Waals surface area (Å²) in [4.78, 5) is 64.4. The van der Waals surface area contributed by atoms with Gasteiger partial charge in [-0.3, -0.25) is 19.4 Å².